The lowest BCUT2D eigenvalue weighted by atomic mass is 9.91. The molecule has 0 aromatic heterocycles. The molecule has 45 heavy (non-hydrogen) atoms. The van der Waals surface area contributed by atoms with Crippen molar-refractivity contribution in [2.75, 3.05) is 19.7 Å². The molecule has 1 unspecified atom stereocenters. The molecule has 1 aliphatic heterocycles. The van der Waals surface area contributed by atoms with Gasteiger partial charge in [-0.1, -0.05) is 101 Å². The normalized spacial score (nSPS) is 20.9. The zero-order chi connectivity index (χ0) is 33.3. The van der Waals surface area contributed by atoms with E-state index in [0.29, 0.717) is 32.5 Å². The van der Waals surface area contributed by atoms with Gasteiger partial charge in [0.1, 0.15) is 23.9 Å². The van der Waals surface area contributed by atoms with E-state index in [1.807, 2.05) is 89.2 Å². The number of ether oxygens (including phenoxy) is 1. The first-order valence-corrected chi connectivity index (χ1v) is 16.7. The summed E-state index contributed by atoms with van der Waals surface area (Å²) in [5.41, 5.74) is 1.65. The van der Waals surface area contributed by atoms with Crippen molar-refractivity contribution < 1.29 is 19.1 Å². The van der Waals surface area contributed by atoms with Gasteiger partial charge in [-0.2, -0.15) is 0 Å². The SMILES string of the molecule is CC.CC.Cc1cccc(CCC2NC(=O)C(C)(C)NC(=O)CC3(CCCC3)NCCOc3ccccc3/C=C/CNC2=O)c1. The maximum Gasteiger partial charge on any atom is 0.245 e. The molecule has 8 nitrogen and oxygen atoms in total. The number of fused-ring (bicyclic) bond motifs is 1. The van der Waals surface area contributed by atoms with Crippen molar-refractivity contribution >= 4 is 23.8 Å². The van der Waals surface area contributed by atoms with Gasteiger partial charge in [0.25, 0.3) is 0 Å². The van der Waals surface area contributed by atoms with Gasteiger partial charge < -0.3 is 26.0 Å². The molecule has 8 heteroatoms. The number of aryl methyl sites for hydroxylation is 2. The second kappa shape index (κ2) is 19.0. The highest BCUT2D eigenvalue weighted by Crippen LogP contribution is 2.33. The highest BCUT2D eigenvalue weighted by Gasteiger charge is 2.38. The van der Waals surface area contributed by atoms with E-state index >= 15 is 0 Å². The lowest BCUT2D eigenvalue weighted by Gasteiger charge is -2.33. The van der Waals surface area contributed by atoms with E-state index in [4.69, 9.17) is 4.74 Å². The number of carbonyl (C=O) groups excluding carboxylic acids is 3. The van der Waals surface area contributed by atoms with Crippen molar-refractivity contribution in [3.05, 3.63) is 71.3 Å². The molecule has 3 amide bonds. The lowest BCUT2D eigenvalue weighted by molar-refractivity contribution is -0.135. The van der Waals surface area contributed by atoms with Crippen LogP contribution in [0.2, 0.25) is 0 Å². The predicted molar refractivity (Wildman–Crippen MR) is 184 cm³/mol. The number of hydrogen-bond donors (Lipinski definition) is 4. The van der Waals surface area contributed by atoms with Crippen molar-refractivity contribution in [1.29, 1.82) is 0 Å². The summed E-state index contributed by atoms with van der Waals surface area (Å²) in [5, 5.41) is 12.4. The van der Waals surface area contributed by atoms with Crippen molar-refractivity contribution in [3.63, 3.8) is 0 Å². The third-order valence-corrected chi connectivity index (χ3v) is 7.98. The number of para-hydroxylation sites is 1. The fourth-order valence-electron chi connectivity index (χ4n) is 5.71. The number of hydrogen-bond acceptors (Lipinski definition) is 5. The molecule has 1 fully saturated rings. The maximum absolute atomic E-state index is 13.4. The first-order valence-electron chi connectivity index (χ1n) is 16.7. The Morgan fingerprint density at radius 2 is 1.64 bits per heavy atom. The quantitative estimate of drug-likeness (QED) is 0.343. The smallest absolute Gasteiger partial charge is 0.245 e. The molecule has 0 bridgehead atoms. The van der Waals surface area contributed by atoms with E-state index in [0.717, 1.165) is 48.1 Å². The molecule has 0 saturated heterocycles. The van der Waals surface area contributed by atoms with Crippen molar-refractivity contribution in [2.24, 2.45) is 0 Å². The summed E-state index contributed by atoms with van der Waals surface area (Å²) in [6.07, 6.45) is 9.04. The van der Waals surface area contributed by atoms with Gasteiger partial charge in [-0.3, -0.25) is 14.4 Å². The van der Waals surface area contributed by atoms with Crippen LogP contribution in [0.4, 0.5) is 0 Å². The van der Waals surface area contributed by atoms with Crippen LogP contribution >= 0.6 is 0 Å². The molecule has 2 aromatic carbocycles. The Kier molecular flexibility index (Phi) is 15.8. The molecule has 1 aliphatic carbocycles. The largest absolute Gasteiger partial charge is 0.492 e. The molecule has 1 spiro atoms. The summed E-state index contributed by atoms with van der Waals surface area (Å²) in [7, 11) is 0. The molecular weight excluding hydrogens is 564 g/mol. The van der Waals surface area contributed by atoms with Gasteiger partial charge in [0, 0.05) is 30.6 Å². The van der Waals surface area contributed by atoms with Crippen molar-refractivity contribution in [1.82, 2.24) is 21.3 Å². The third kappa shape index (κ3) is 12.0. The van der Waals surface area contributed by atoms with Crippen LogP contribution in [0.25, 0.3) is 6.08 Å². The Hall–Kier alpha value is -3.65. The van der Waals surface area contributed by atoms with Gasteiger partial charge >= 0.3 is 0 Å². The summed E-state index contributed by atoms with van der Waals surface area (Å²) in [6.45, 7) is 14.8. The second-order valence-corrected chi connectivity index (χ2v) is 11.9. The van der Waals surface area contributed by atoms with Crippen LogP contribution in [0.3, 0.4) is 0 Å². The molecule has 4 rings (SSSR count). The fourth-order valence-corrected chi connectivity index (χ4v) is 5.71. The highest BCUT2D eigenvalue weighted by atomic mass is 16.5. The average Bonchev–Trinajstić information content (AvgIpc) is 3.49. The van der Waals surface area contributed by atoms with Gasteiger partial charge in [-0.05, 0) is 58.1 Å². The number of nitrogens with one attached hydrogen (secondary N) is 4. The minimum Gasteiger partial charge on any atom is -0.492 e. The summed E-state index contributed by atoms with van der Waals surface area (Å²) in [4.78, 5) is 40.0. The lowest BCUT2D eigenvalue weighted by Crippen LogP contribution is -2.60. The summed E-state index contributed by atoms with van der Waals surface area (Å²) in [6, 6.07) is 15.2. The van der Waals surface area contributed by atoms with Gasteiger partial charge in [0.2, 0.25) is 17.7 Å². The molecular formula is C37H56N4O4. The molecule has 1 saturated carbocycles. The van der Waals surface area contributed by atoms with Gasteiger partial charge in [0.05, 0.1) is 0 Å². The molecule has 248 valence electrons. The van der Waals surface area contributed by atoms with E-state index < -0.39 is 11.6 Å². The molecule has 2 aliphatic rings. The standard InChI is InChI=1S/C33H44N4O4.2C2H6/c1-24-10-8-11-25(22-24)15-16-27-30(39)34-19-9-13-26-12-4-5-14-28(26)41-21-20-35-33(17-6-7-18-33)23-29(38)37-32(2,3)31(40)36-27;2*1-2/h4-5,8-14,22,27,35H,6-7,15-21,23H2,1-3H3,(H,34,39)(H,36,40)(H,37,38);2*1-2H3/b13-9+;;. The molecule has 1 atom stereocenters. The zero-order valence-corrected chi connectivity index (χ0v) is 28.6. The summed E-state index contributed by atoms with van der Waals surface area (Å²) < 4.78 is 6.09. The van der Waals surface area contributed by atoms with Crippen molar-refractivity contribution in [2.45, 2.75) is 111 Å². The Morgan fingerprint density at radius 3 is 2.36 bits per heavy atom. The van der Waals surface area contributed by atoms with Crippen LogP contribution < -0.4 is 26.0 Å². The number of benzene rings is 2. The molecule has 2 aromatic rings. The monoisotopic (exact) mass is 620 g/mol. The minimum absolute atomic E-state index is 0.186. The van der Waals surface area contributed by atoms with E-state index in [-0.39, 0.29) is 29.7 Å². The number of amides is 3. The summed E-state index contributed by atoms with van der Waals surface area (Å²) >= 11 is 0. The first-order chi connectivity index (χ1) is 21.7. The number of rotatable bonds is 3. The van der Waals surface area contributed by atoms with Crippen LogP contribution in [-0.4, -0.2) is 54.5 Å². The average molecular weight is 621 g/mol. The topological polar surface area (TPSA) is 109 Å². The Labute approximate surface area is 271 Å². The Balaban J connectivity index is 0.00000169. The Morgan fingerprint density at radius 1 is 0.933 bits per heavy atom. The van der Waals surface area contributed by atoms with Crippen LogP contribution in [0.5, 0.6) is 5.75 Å². The fraction of sp³-hybridized carbons (Fsp3) is 0.541. The molecule has 4 N–H and O–H groups in total. The number of carbonyl (C=O) groups is 3. The van der Waals surface area contributed by atoms with Gasteiger partial charge in [-0.25, -0.2) is 0 Å². The summed E-state index contributed by atoms with van der Waals surface area (Å²) in [5.74, 6) is -0.0828. The van der Waals surface area contributed by atoms with E-state index in [1.165, 1.54) is 0 Å². The second-order valence-electron chi connectivity index (χ2n) is 11.9. The maximum atomic E-state index is 13.4. The molecule has 1 heterocycles. The van der Waals surface area contributed by atoms with Gasteiger partial charge in [0.15, 0.2) is 0 Å². The van der Waals surface area contributed by atoms with Crippen LogP contribution in [0.15, 0.2) is 54.6 Å². The van der Waals surface area contributed by atoms with E-state index in [2.05, 4.69) is 27.3 Å². The van der Waals surface area contributed by atoms with Gasteiger partial charge in [-0.15, -0.1) is 0 Å². The van der Waals surface area contributed by atoms with Crippen LogP contribution in [0, 0.1) is 6.92 Å². The minimum atomic E-state index is -1.19. The molecule has 0 radical (unpaired) electrons. The zero-order valence-electron chi connectivity index (χ0n) is 28.6. The Bertz CT molecular complexity index is 1250. The van der Waals surface area contributed by atoms with Crippen LogP contribution in [-0.2, 0) is 20.8 Å². The van der Waals surface area contributed by atoms with E-state index in [9.17, 15) is 14.4 Å². The highest BCUT2D eigenvalue weighted by molar-refractivity contribution is 5.94. The van der Waals surface area contributed by atoms with Crippen LogP contribution in [0.1, 0.15) is 96.8 Å². The third-order valence-electron chi connectivity index (χ3n) is 7.98. The van der Waals surface area contributed by atoms with E-state index in [1.54, 1.807) is 13.8 Å². The predicted octanol–water partition coefficient (Wildman–Crippen LogP) is 5.87. The first kappa shape index (κ1) is 37.5. The van der Waals surface area contributed by atoms with Crippen molar-refractivity contribution in [3.8, 4) is 5.75 Å².